The molecule has 0 saturated carbocycles. The summed E-state index contributed by atoms with van der Waals surface area (Å²) in [5.74, 6) is 1.40. The van der Waals surface area contributed by atoms with Gasteiger partial charge in [-0.15, -0.1) is 0 Å². The highest BCUT2D eigenvalue weighted by atomic mass is 16.5. The minimum Gasteiger partial charge on any atom is -0.497 e. The molecule has 1 amide bonds. The third-order valence-electron chi connectivity index (χ3n) is 5.11. The van der Waals surface area contributed by atoms with Gasteiger partial charge >= 0.3 is 0 Å². The number of carbonyl (C=O) groups excluding carboxylic acids is 1. The van der Waals surface area contributed by atoms with Crippen LogP contribution >= 0.6 is 0 Å². The highest BCUT2D eigenvalue weighted by Crippen LogP contribution is 2.19. The lowest BCUT2D eigenvalue weighted by molar-refractivity contribution is 0.0949. The van der Waals surface area contributed by atoms with Crippen LogP contribution in [0.2, 0.25) is 0 Å². The van der Waals surface area contributed by atoms with Crippen molar-refractivity contribution in [1.82, 2.24) is 19.9 Å². The number of nitrogens with one attached hydrogen (secondary N) is 1. The molecule has 0 spiro atoms. The predicted octanol–water partition coefficient (Wildman–Crippen LogP) is 3.48. The molecule has 0 aliphatic carbocycles. The number of pyridine rings is 1. The summed E-state index contributed by atoms with van der Waals surface area (Å²) < 4.78 is 7.37. The summed E-state index contributed by atoms with van der Waals surface area (Å²) in [6, 6.07) is 19.2. The quantitative estimate of drug-likeness (QED) is 0.500. The fourth-order valence-corrected chi connectivity index (χ4v) is 3.43. The summed E-state index contributed by atoms with van der Waals surface area (Å²) in [6.07, 6.45) is 1.75. The Hall–Kier alpha value is -3.87. The maximum atomic E-state index is 12.7. The van der Waals surface area contributed by atoms with Crippen molar-refractivity contribution in [2.75, 3.05) is 26.1 Å². The first-order valence-corrected chi connectivity index (χ1v) is 10.0. The van der Waals surface area contributed by atoms with E-state index in [4.69, 9.17) is 9.72 Å². The number of amides is 1. The smallest absolute Gasteiger partial charge is 0.251 e. The van der Waals surface area contributed by atoms with Gasteiger partial charge < -0.3 is 19.5 Å². The summed E-state index contributed by atoms with van der Waals surface area (Å²) in [4.78, 5) is 23.9. The number of hydrogen-bond acceptors (Lipinski definition) is 5. The van der Waals surface area contributed by atoms with E-state index in [2.05, 4.69) is 10.3 Å². The minimum absolute atomic E-state index is 0.141. The van der Waals surface area contributed by atoms with Gasteiger partial charge in [0.15, 0.2) is 5.65 Å². The molecule has 4 aromatic rings. The number of carbonyl (C=O) groups is 1. The summed E-state index contributed by atoms with van der Waals surface area (Å²) in [6.45, 7) is 0.877. The average molecular weight is 415 g/mol. The van der Waals surface area contributed by atoms with E-state index in [1.165, 1.54) is 0 Å². The number of fused-ring (bicyclic) bond motifs is 1. The van der Waals surface area contributed by atoms with Gasteiger partial charge in [-0.1, -0.05) is 12.1 Å². The molecule has 0 radical (unpaired) electrons. The number of rotatable bonds is 7. The summed E-state index contributed by atoms with van der Waals surface area (Å²) in [7, 11) is 5.59. The first-order chi connectivity index (χ1) is 15.0. The van der Waals surface area contributed by atoms with Gasteiger partial charge in [0.05, 0.1) is 20.2 Å². The summed E-state index contributed by atoms with van der Waals surface area (Å²) in [5, 5.41) is 2.99. The van der Waals surface area contributed by atoms with E-state index in [0.717, 1.165) is 34.0 Å². The van der Waals surface area contributed by atoms with Crippen LogP contribution in [0.1, 0.15) is 21.7 Å². The Labute approximate surface area is 181 Å². The van der Waals surface area contributed by atoms with E-state index in [1.54, 1.807) is 13.3 Å². The second-order valence-electron chi connectivity index (χ2n) is 7.44. The monoisotopic (exact) mass is 415 g/mol. The number of nitrogens with zero attached hydrogens (tertiary/aromatic N) is 4. The van der Waals surface area contributed by atoms with Gasteiger partial charge in [-0.05, 0) is 54.1 Å². The molecule has 7 nitrogen and oxygen atoms in total. The Kier molecular flexibility index (Phi) is 5.84. The molecule has 0 saturated heterocycles. The SMILES string of the molecule is COc1cccc(Cn2c(CNC(=O)c3ccc(N(C)C)cc3)nc3cccnc32)c1. The van der Waals surface area contributed by atoms with Crippen LogP contribution in [0.25, 0.3) is 11.2 Å². The van der Waals surface area contributed by atoms with Crippen molar-refractivity contribution in [2.45, 2.75) is 13.1 Å². The Morgan fingerprint density at radius 1 is 1.10 bits per heavy atom. The lowest BCUT2D eigenvalue weighted by atomic mass is 10.2. The molecule has 0 unspecified atom stereocenters. The number of ether oxygens (including phenoxy) is 1. The van der Waals surface area contributed by atoms with E-state index in [-0.39, 0.29) is 5.91 Å². The van der Waals surface area contributed by atoms with Crippen molar-refractivity contribution in [3.8, 4) is 5.75 Å². The van der Waals surface area contributed by atoms with Gasteiger partial charge in [-0.25, -0.2) is 9.97 Å². The lowest BCUT2D eigenvalue weighted by Gasteiger charge is -2.13. The van der Waals surface area contributed by atoms with Gasteiger partial charge in [0.2, 0.25) is 0 Å². The average Bonchev–Trinajstić information content (AvgIpc) is 3.15. The van der Waals surface area contributed by atoms with Crippen molar-refractivity contribution in [3.63, 3.8) is 0 Å². The Balaban J connectivity index is 1.57. The van der Waals surface area contributed by atoms with Crippen molar-refractivity contribution < 1.29 is 9.53 Å². The van der Waals surface area contributed by atoms with Crippen molar-refractivity contribution in [2.24, 2.45) is 0 Å². The van der Waals surface area contributed by atoms with Gasteiger partial charge in [0.1, 0.15) is 17.1 Å². The molecule has 4 rings (SSSR count). The first-order valence-electron chi connectivity index (χ1n) is 10.0. The van der Waals surface area contributed by atoms with E-state index in [0.29, 0.717) is 18.7 Å². The van der Waals surface area contributed by atoms with Crippen LogP contribution in [-0.2, 0) is 13.1 Å². The molecule has 7 heteroatoms. The highest BCUT2D eigenvalue weighted by molar-refractivity contribution is 5.94. The molecule has 2 aromatic carbocycles. The number of methoxy groups -OCH3 is 1. The number of benzene rings is 2. The van der Waals surface area contributed by atoms with Crippen LogP contribution in [0.4, 0.5) is 5.69 Å². The van der Waals surface area contributed by atoms with E-state index in [9.17, 15) is 4.79 Å². The van der Waals surface area contributed by atoms with E-state index >= 15 is 0 Å². The van der Waals surface area contributed by atoms with Gasteiger partial charge in [0.25, 0.3) is 5.91 Å². The highest BCUT2D eigenvalue weighted by Gasteiger charge is 2.14. The van der Waals surface area contributed by atoms with Crippen LogP contribution < -0.4 is 15.0 Å². The second kappa shape index (κ2) is 8.87. The number of imidazole rings is 1. The van der Waals surface area contributed by atoms with Crippen LogP contribution in [-0.4, -0.2) is 41.6 Å². The molecule has 0 fully saturated rings. The molecule has 0 aliphatic heterocycles. The third-order valence-corrected chi connectivity index (χ3v) is 5.11. The largest absolute Gasteiger partial charge is 0.497 e. The number of hydrogen-bond donors (Lipinski definition) is 1. The zero-order chi connectivity index (χ0) is 21.8. The maximum Gasteiger partial charge on any atom is 0.251 e. The molecule has 0 bridgehead atoms. The van der Waals surface area contributed by atoms with Crippen LogP contribution in [0, 0.1) is 0 Å². The van der Waals surface area contributed by atoms with E-state index < -0.39 is 0 Å². The third kappa shape index (κ3) is 4.50. The Morgan fingerprint density at radius 2 is 1.90 bits per heavy atom. The molecular formula is C24H25N5O2. The fourth-order valence-electron chi connectivity index (χ4n) is 3.43. The number of anilines is 1. The van der Waals surface area contributed by atoms with Gasteiger partial charge in [-0.3, -0.25) is 4.79 Å². The molecular weight excluding hydrogens is 390 g/mol. The van der Waals surface area contributed by atoms with Crippen molar-refractivity contribution in [1.29, 1.82) is 0 Å². The molecule has 0 atom stereocenters. The van der Waals surface area contributed by atoms with Gasteiger partial charge in [0, 0.05) is 31.5 Å². The normalized spacial score (nSPS) is 10.8. The van der Waals surface area contributed by atoms with Crippen molar-refractivity contribution in [3.05, 3.63) is 83.8 Å². The molecule has 0 aliphatic rings. The first kappa shape index (κ1) is 20.4. The molecule has 2 heterocycles. The molecule has 2 aromatic heterocycles. The van der Waals surface area contributed by atoms with Crippen LogP contribution in [0.3, 0.4) is 0 Å². The summed E-state index contributed by atoms with van der Waals surface area (Å²) in [5.41, 5.74) is 4.30. The summed E-state index contributed by atoms with van der Waals surface area (Å²) >= 11 is 0. The zero-order valence-corrected chi connectivity index (χ0v) is 17.9. The Morgan fingerprint density at radius 3 is 2.65 bits per heavy atom. The topological polar surface area (TPSA) is 72.3 Å². The minimum atomic E-state index is -0.141. The maximum absolute atomic E-state index is 12.7. The van der Waals surface area contributed by atoms with E-state index in [1.807, 2.05) is 84.2 Å². The van der Waals surface area contributed by atoms with Crippen LogP contribution in [0.5, 0.6) is 5.75 Å². The van der Waals surface area contributed by atoms with Crippen LogP contribution in [0.15, 0.2) is 66.9 Å². The van der Waals surface area contributed by atoms with Crippen molar-refractivity contribution >= 4 is 22.8 Å². The lowest BCUT2D eigenvalue weighted by Crippen LogP contribution is -2.25. The Bertz CT molecular complexity index is 1200. The molecule has 31 heavy (non-hydrogen) atoms. The predicted molar refractivity (Wildman–Crippen MR) is 122 cm³/mol. The second-order valence-corrected chi connectivity index (χ2v) is 7.44. The zero-order valence-electron chi connectivity index (χ0n) is 17.9. The molecule has 1 N–H and O–H groups in total. The standard InChI is InChI=1S/C24H25N5O2/c1-28(2)19-11-9-18(10-12-19)24(30)26-15-22-27-21-8-5-13-25-23(21)29(22)16-17-6-4-7-20(14-17)31-3/h4-14H,15-16H2,1-3H3,(H,26,30). The fraction of sp³-hybridized carbons (Fsp3) is 0.208. The van der Waals surface area contributed by atoms with Gasteiger partial charge in [-0.2, -0.15) is 0 Å². The number of aromatic nitrogens is 3. The molecule has 158 valence electrons.